The molecule has 0 unspecified atom stereocenters. The number of nitrogens with one attached hydrogen (secondary N) is 1. The van der Waals surface area contributed by atoms with E-state index in [0.29, 0.717) is 11.4 Å². The highest BCUT2D eigenvalue weighted by atomic mass is 35.5. The molecule has 17 heavy (non-hydrogen) atoms. The van der Waals surface area contributed by atoms with Gasteiger partial charge in [-0.2, -0.15) is 0 Å². The average molecular weight is 257 g/mol. The highest BCUT2D eigenvalue weighted by molar-refractivity contribution is 6.31. The Morgan fingerprint density at radius 2 is 2.06 bits per heavy atom. The molecule has 3 nitrogen and oxygen atoms in total. The third-order valence-corrected chi connectivity index (χ3v) is 3.09. The molecule has 0 atom stereocenters. The van der Waals surface area contributed by atoms with Crippen LogP contribution in [0.25, 0.3) is 0 Å². The minimum absolute atomic E-state index is 0.0247. The van der Waals surface area contributed by atoms with E-state index in [9.17, 15) is 9.18 Å². The first kappa shape index (κ1) is 12.2. The number of carbonyl (C=O) groups excluding carboxylic acids is 1. The number of halogens is 2. The quantitative estimate of drug-likeness (QED) is 0.882. The summed E-state index contributed by atoms with van der Waals surface area (Å²) in [6.07, 6.45) is 2.17. The number of rotatable bonds is 2. The van der Waals surface area contributed by atoms with E-state index in [1.54, 1.807) is 0 Å². The van der Waals surface area contributed by atoms with E-state index in [1.165, 1.54) is 19.1 Å². The van der Waals surface area contributed by atoms with Gasteiger partial charge in [0.1, 0.15) is 5.82 Å². The highest BCUT2D eigenvalue weighted by Gasteiger charge is 2.18. The standard InChI is InChI=1S/C12H14ClFN2O/c1-8(17)15-11-6-9(13)10(14)7-12(11)16-4-2-3-5-16/h6-7H,2-5H2,1H3,(H,15,17). The van der Waals surface area contributed by atoms with Crippen molar-refractivity contribution in [2.45, 2.75) is 19.8 Å². The van der Waals surface area contributed by atoms with Gasteiger partial charge < -0.3 is 10.2 Å². The van der Waals surface area contributed by atoms with Crippen LogP contribution in [-0.4, -0.2) is 19.0 Å². The van der Waals surface area contributed by atoms with Crippen LogP contribution in [0.5, 0.6) is 0 Å². The molecular formula is C12H14ClFN2O. The predicted octanol–water partition coefficient (Wildman–Crippen LogP) is 3.04. The van der Waals surface area contributed by atoms with Crippen molar-refractivity contribution >= 4 is 28.9 Å². The second kappa shape index (κ2) is 4.92. The molecule has 0 saturated carbocycles. The van der Waals surface area contributed by atoms with E-state index in [1.807, 2.05) is 0 Å². The summed E-state index contributed by atoms with van der Waals surface area (Å²) in [5, 5.41) is 2.71. The van der Waals surface area contributed by atoms with Crippen LogP contribution in [0.2, 0.25) is 5.02 Å². The number of nitrogens with zero attached hydrogens (tertiary/aromatic N) is 1. The van der Waals surface area contributed by atoms with E-state index in [0.717, 1.165) is 25.9 Å². The van der Waals surface area contributed by atoms with Crippen molar-refractivity contribution in [3.63, 3.8) is 0 Å². The van der Waals surface area contributed by atoms with Crippen molar-refractivity contribution in [1.82, 2.24) is 0 Å². The van der Waals surface area contributed by atoms with Gasteiger partial charge in [0, 0.05) is 26.1 Å². The van der Waals surface area contributed by atoms with Crippen molar-refractivity contribution in [2.24, 2.45) is 0 Å². The fraction of sp³-hybridized carbons (Fsp3) is 0.417. The van der Waals surface area contributed by atoms with Gasteiger partial charge in [-0.05, 0) is 18.9 Å². The number of amides is 1. The molecule has 1 aromatic rings. The molecule has 1 amide bonds. The molecular weight excluding hydrogens is 243 g/mol. The summed E-state index contributed by atoms with van der Waals surface area (Å²) in [7, 11) is 0. The lowest BCUT2D eigenvalue weighted by Gasteiger charge is -2.21. The monoisotopic (exact) mass is 256 g/mol. The second-order valence-corrected chi connectivity index (χ2v) is 4.57. The lowest BCUT2D eigenvalue weighted by Crippen LogP contribution is -2.20. The minimum atomic E-state index is -0.456. The van der Waals surface area contributed by atoms with Gasteiger partial charge in [-0.1, -0.05) is 11.6 Å². The van der Waals surface area contributed by atoms with Gasteiger partial charge in [0.05, 0.1) is 16.4 Å². The van der Waals surface area contributed by atoms with E-state index in [4.69, 9.17) is 11.6 Å². The van der Waals surface area contributed by atoms with Crippen LogP contribution in [0.3, 0.4) is 0 Å². The first-order valence-electron chi connectivity index (χ1n) is 5.59. The summed E-state index contributed by atoms with van der Waals surface area (Å²) in [4.78, 5) is 13.2. The van der Waals surface area contributed by atoms with Gasteiger partial charge in [0.2, 0.25) is 5.91 Å². The summed E-state index contributed by atoms with van der Waals surface area (Å²) in [6.45, 7) is 3.19. The molecule has 5 heteroatoms. The zero-order valence-electron chi connectivity index (χ0n) is 9.59. The largest absolute Gasteiger partial charge is 0.370 e. The third-order valence-electron chi connectivity index (χ3n) is 2.80. The van der Waals surface area contributed by atoms with Gasteiger partial charge in [-0.15, -0.1) is 0 Å². The molecule has 0 spiro atoms. The van der Waals surface area contributed by atoms with Gasteiger partial charge in [-0.3, -0.25) is 4.79 Å². The van der Waals surface area contributed by atoms with Gasteiger partial charge in [-0.25, -0.2) is 4.39 Å². The molecule has 1 saturated heterocycles. The maximum atomic E-state index is 13.5. The molecule has 1 aliphatic rings. The molecule has 1 fully saturated rings. The first-order chi connectivity index (χ1) is 8.08. The van der Waals surface area contributed by atoms with Gasteiger partial charge in [0.15, 0.2) is 0 Å². The summed E-state index contributed by atoms with van der Waals surface area (Å²) in [6, 6.07) is 2.85. The van der Waals surface area contributed by atoms with Crippen LogP contribution >= 0.6 is 11.6 Å². The molecule has 1 heterocycles. The Balaban J connectivity index is 2.39. The number of hydrogen-bond donors (Lipinski definition) is 1. The highest BCUT2D eigenvalue weighted by Crippen LogP contribution is 2.33. The zero-order chi connectivity index (χ0) is 12.4. The van der Waals surface area contributed by atoms with Crippen LogP contribution in [-0.2, 0) is 4.79 Å². The predicted molar refractivity (Wildman–Crippen MR) is 67.2 cm³/mol. The van der Waals surface area contributed by atoms with Gasteiger partial charge >= 0.3 is 0 Å². The lowest BCUT2D eigenvalue weighted by molar-refractivity contribution is -0.114. The Kier molecular flexibility index (Phi) is 3.52. The Labute approximate surface area is 105 Å². The number of benzene rings is 1. The van der Waals surface area contributed by atoms with Crippen LogP contribution < -0.4 is 10.2 Å². The first-order valence-corrected chi connectivity index (χ1v) is 5.97. The smallest absolute Gasteiger partial charge is 0.221 e. The molecule has 0 bridgehead atoms. The topological polar surface area (TPSA) is 32.3 Å². The van der Waals surface area contributed by atoms with E-state index in [2.05, 4.69) is 10.2 Å². The molecule has 0 radical (unpaired) electrons. The Hall–Kier alpha value is -1.29. The maximum absolute atomic E-state index is 13.5. The van der Waals surface area contributed by atoms with Crippen molar-refractivity contribution in [1.29, 1.82) is 0 Å². The van der Waals surface area contributed by atoms with E-state index >= 15 is 0 Å². The van der Waals surface area contributed by atoms with Crippen LogP contribution in [0.4, 0.5) is 15.8 Å². The SMILES string of the molecule is CC(=O)Nc1cc(Cl)c(F)cc1N1CCCC1. The summed E-state index contributed by atoms with van der Waals surface area (Å²) in [5.74, 6) is -0.643. The van der Waals surface area contributed by atoms with E-state index < -0.39 is 5.82 Å². The second-order valence-electron chi connectivity index (χ2n) is 4.16. The summed E-state index contributed by atoms with van der Waals surface area (Å²) in [5.41, 5.74) is 1.28. The van der Waals surface area contributed by atoms with Crippen molar-refractivity contribution in [3.05, 3.63) is 23.0 Å². The van der Waals surface area contributed by atoms with Crippen LogP contribution in [0, 0.1) is 5.82 Å². The van der Waals surface area contributed by atoms with Crippen molar-refractivity contribution in [2.75, 3.05) is 23.3 Å². The summed E-state index contributed by atoms with van der Waals surface area (Å²) < 4.78 is 13.5. The molecule has 1 N–H and O–H groups in total. The Bertz CT molecular complexity index is 444. The lowest BCUT2D eigenvalue weighted by atomic mass is 10.2. The van der Waals surface area contributed by atoms with Gasteiger partial charge in [0.25, 0.3) is 0 Å². The molecule has 1 aliphatic heterocycles. The fourth-order valence-corrected chi connectivity index (χ4v) is 2.21. The number of anilines is 2. The molecule has 1 aromatic carbocycles. The summed E-state index contributed by atoms with van der Waals surface area (Å²) >= 11 is 5.73. The zero-order valence-corrected chi connectivity index (χ0v) is 10.4. The third kappa shape index (κ3) is 2.69. The van der Waals surface area contributed by atoms with Crippen molar-refractivity contribution < 1.29 is 9.18 Å². The van der Waals surface area contributed by atoms with Crippen LogP contribution in [0.15, 0.2) is 12.1 Å². The number of carbonyl (C=O) groups is 1. The molecule has 0 aliphatic carbocycles. The minimum Gasteiger partial charge on any atom is -0.370 e. The number of hydrogen-bond acceptors (Lipinski definition) is 2. The average Bonchev–Trinajstić information content (AvgIpc) is 2.75. The van der Waals surface area contributed by atoms with Crippen LogP contribution in [0.1, 0.15) is 19.8 Å². The Morgan fingerprint density at radius 3 is 2.65 bits per heavy atom. The normalized spacial score (nSPS) is 15.1. The molecule has 92 valence electrons. The maximum Gasteiger partial charge on any atom is 0.221 e. The fourth-order valence-electron chi connectivity index (χ4n) is 2.05. The van der Waals surface area contributed by atoms with E-state index in [-0.39, 0.29) is 10.9 Å². The molecule has 2 rings (SSSR count). The van der Waals surface area contributed by atoms with Crippen molar-refractivity contribution in [3.8, 4) is 0 Å². The Morgan fingerprint density at radius 1 is 1.41 bits per heavy atom. The molecule has 0 aromatic heterocycles.